The Hall–Kier alpha value is -2.63. The molecule has 1 heterocycles. The van der Waals surface area contributed by atoms with Gasteiger partial charge in [0.2, 0.25) is 5.95 Å². The molecule has 86 valence electrons. The lowest BCUT2D eigenvalue weighted by Crippen LogP contribution is -2.14. The highest BCUT2D eigenvalue weighted by Crippen LogP contribution is 2.14. The average Bonchev–Trinajstić information content (AvgIpc) is 2.29. The van der Waals surface area contributed by atoms with Crippen LogP contribution in [0.3, 0.4) is 0 Å². The Bertz CT molecular complexity index is 521. The van der Waals surface area contributed by atoms with E-state index in [0.717, 1.165) is 0 Å². The molecule has 1 aromatic carbocycles. The normalized spacial score (nSPS) is 9.88. The molecule has 0 bridgehead atoms. The molecular formula is C11H11N5O. The summed E-state index contributed by atoms with van der Waals surface area (Å²) in [5.41, 5.74) is 12.4. The third-order valence-corrected chi connectivity index (χ3v) is 2.03. The fourth-order valence-corrected chi connectivity index (χ4v) is 1.35. The zero-order valence-electron chi connectivity index (χ0n) is 8.92. The van der Waals surface area contributed by atoms with Crippen LogP contribution >= 0.6 is 0 Å². The Labute approximate surface area is 97.7 Å². The molecule has 2 rings (SSSR count). The lowest BCUT2D eigenvalue weighted by atomic mass is 10.1. The summed E-state index contributed by atoms with van der Waals surface area (Å²) in [7, 11) is 0. The predicted molar refractivity (Wildman–Crippen MR) is 65.3 cm³/mol. The number of hydrogen-bond donors (Lipinski definition) is 3. The van der Waals surface area contributed by atoms with Crippen LogP contribution in [0.15, 0.2) is 36.7 Å². The summed E-state index contributed by atoms with van der Waals surface area (Å²) in [6.07, 6.45) is 3.08. The first kappa shape index (κ1) is 10.9. The van der Waals surface area contributed by atoms with E-state index < -0.39 is 0 Å². The molecule has 6 heteroatoms. The molecule has 0 aliphatic rings. The number of benzene rings is 1. The summed E-state index contributed by atoms with van der Waals surface area (Å²) in [4.78, 5) is 19.6. The highest BCUT2D eigenvalue weighted by molar-refractivity contribution is 6.04. The van der Waals surface area contributed by atoms with E-state index in [4.69, 9.17) is 11.5 Å². The molecule has 0 radical (unpaired) electrons. The molecule has 0 spiro atoms. The second-order valence-electron chi connectivity index (χ2n) is 3.41. The van der Waals surface area contributed by atoms with Gasteiger partial charge in [-0.15, -0.1) is 0 Å². The Morgan fingerprint density at radius 3 is 2.24 bits per heavy atom. The number of anilines is 3. The van der Waals surface area contributed by atoms with Gasteiger partial charge in [0.25, 0.3) is 5.91 Å². The molecule has 0 atom stereocenters. The lowest BCUT2D eigenvalue weighted by Gasteiger charge is -2.05. The second kappa shape index (κ2) is 4.48. The first-order chi connectivity index (χ1) is 8.15. The summed E-state index contributed by atoms with van der Waals surface area (Å²) < 4.78 is 0. The van der Waals surface area contributed by atoms with Crippen LogP contribution in [0.2, 0.25) is 0 Å². The smallest absolute Gasteiger partial charge is 0.258 e. The van der Waals surface area contributed by atoms with Gasteiger partial charge < -0.3 is 11.5 Å². The number of hydrogen-bond acceptors (Lipinski definition) is 5. The summed E-state index contributed by atoms with van der Waals surface area (Å²) in [6, 6.07) is 6.31. The van der Waals surface area contributed by atoms with Crippen LogP contribution in [-0.2, 0) is 0 Å². The minimum absolute atomic E-state index is 0.235. The van der Waals surface area contributed by atoms with Crippen molar-refractivity contribution in [2.75, 3.05) is 16.8 Å². The third-order valence-electron chi connectivity index (χ3n) is 2.03. The molecule has 5 N–H and O–H groups in total. The molecule has 2 aromatic rings. The Morgan fingerprint density at radius 2 is 1.65 bits per heavy atom. The van der Waals surface area contributed by atoms with Crippen molar-refractivity contribution < 1.29 is 4.79 Å². The molecule has 6 nitrogen and oxygen atoms in total. The van der Waals surface area contributed by atoms with E-state index in [2.05, 4.69) is 15.3 Å². The van der Waals surface area contributed by atoms with Crippen molar-refractivity contribution >= 4 is 23.2 Å². The van der Waals surface area contributed by atoms with Gasteiger partial charge in [-0.1, -0.05) is 0 Å². The van der Waals surface area contributed by atoms with E-state index in [0.29, 0.717) is 16.9 Å². The fraction of sp³-hybridized carbons (Fsp3) is 0. The van der Waals surface area contributed by atoms with Crippen molar-refractivity contribution in [2.45, 2.75) is 0 Å². The third kappa shape index (κ3) is 2.69. The summed E-state index contributed by atoms with van der Waals surface area (Å²) in [5, 5.41) is 2.54. The van der Waals surface area contributed by atoms with Crippen molar-refractivity contribution in [3.8, 4) is 0 Å². The second-order valence-corrected chi connectivity index (χ2v) is 3.41. The number of amides is 1. The van der Waals surface area contributed by atoms with E-state index in [1.165, 1.54) is 24.5 Å². The molecule has 0 unspecified atom stereocenters. The predicted octanol–water partition coefficient (Wildman–Crippen LogP) is 0.893. The van der Waals surface area contributed by atoms with Crippen LogP contribution in [0.25, 0.3) is 0 Å². The maximum atomic E-state index is 11.8. The van der Waals surface area contributed by atoms with Crippen LogP contribution in [0.5, 0.6) is 0 Å². The van der Waals surface area contributed by atoms with Gasteiger partial charge in [-0.2, -0.15) is 0 Å². The first-order valence-corrected chi connectivity index (χ1v) is 4.89. The largest absolute Gasteiger partial charge is 0.399 e. The highest BCUT2D eigenvalue weighted by Gasteiger charge is 2.08. The van der Waals surface area contributed by atoms with Gasteiger partial charge in [0.05, 0.1) is 0 Å². The van der Waals surface area contributed by atoms with E-state index in [1.54, 1.807) is 12.1 Å². The van der Waals surface area contributed by atoms with Crippen molar-refractivity contribution in [3.63, 3.8) is 0 Å². The van der Waals surface area contributed by atoms with Crippen LogP contribution in [-0.4, -0.2) is 15.9 Å². The molecule has 17 heavy (non-hydrogen) atoms. The maximum absolute atomic E-state index is 11.8. The minimum atomic E-state index is -0.352. The van der Waals surface area contributed by atoms with Crippen LogP contribution in [0.4, 0.5) is 17.3 Å². The van der Waals surface area contributed by atoms with E-state index in [-0.39, 0.29) is 11.9 Å². The van der Waals surface area contributed by atoms with Crippen molar-refractivity contribution in [3.05, 3.63) is 42.2 Å². The Kier molecular flexibility index (Phi) is 2.87. The van der Waals surface area contributed by atoms with Crippen LogP contribution in [0, 0.1) is 0 Å². The standard InChI is InChI=1S/C11H11N5O/c12-8-4-7(5-9(13)6-8)10(17)16-11-14-2-1-3-15-11/h1-6H,12-13H2,(H,14,15,16,17). The summed E-state index contributed by atoms with van der Waals surface area (Å²) >= 11 is 0. The number of carbonyl (C=O) groups excluding carboxylic acids is 1. The first-order valence-electron chi connectivity index (χ1n) is 4.89. The number of nitrogen functional groups attached to an aromatic ring is 2. The molecule has 0 saturated heterocycles. The zero-order chi connectivity index (χ0) is 12.3. The maximum Gasteiger partial charge on any atom is 0.258 e. The highest BCUT2D eigenvalue weighted by atomic mass is 16.1. The van der Waals surface area contributed by atoms with Crippen molar-refractivity contribution in [2.24, 2.45) is 0 Å². The van der Waals surface area contributed by atoms with Gasteiger partial charge in [0.15, 0.2) is 0 Å². The van der Waals surface area contributed by atoms with Crippen LogP contribution < -0.4 is 16.8 Å². The summed E-state index contributed by atoms with van der Waals surface area (Å²) in [6.45, 7) is 0. The van der Waals surface area contributed by atoms with Gasteiger partial charge in [0, 0.05) is 29.3 Å². The van der Waals surface area contributed by atoms with Gasteiger partial charge in [-0.05, 0) is 24.3 Å². The number of nitrogens with one attached hydrogen (secondary N) is 1. The van der Waals surface area contributed by atoms with Gasteiger partial charge in [-0.3, -0.25) is 10.1 Å². The quantitative estimate of drug-likeness (QED) is 0.663. The molecular weight excluding hydrogens is 218 g/mol. The van der Waals surface area contributed by atoms with E-state index in [1.807, 2.05) is 0 Å². The molecule has 0 fully saturated rings. The Balaban J connectivity index is 2.20. The van der Waals surface area contributed by atoms with E-state index in [9.17, 15) is 4.79 Å². The number of carbonyl (C=O) groups is 1. The number of nitrogens with two attached hydrogens (primary N) is 2. The van der Waals surface area contributed by atoms with Gasteiger partial charge in [-0.25, -0.2) is 9.97 Å². The lowest BCUT2D eigenvalue weighted by molar-refractivity contribution is 0.102. The molecule has 1 aromatic heterocycles. The van der Waals surface area contributed by atoms with Gasteiger partial charge >= 0.3 is 0 Å². The van der Waals surface area contributed by atoms with Crippen molar-refractivity contribution in [1.29, 1.82) is 0 Å². The summed E-state index contributed by atoms with van der Waals surface area (Å²) in [5.74, 6) is -0.117. The molecule has 1 amide bonds. The minimum Gasteiger partial charge on any atom is -0.399 e. The van der Waals surface area contributed by atoms with Gasteiger partial charge in [0.1, 0.15) is 0 Å². The number of rotatable bonds is 2. The molecule has 0 aliphatic heterocycles. The SMILES string of the molecule is Nc1cc(N)cc(C(=O)Nc2ncccn2)c1. The average molecular weight is 229 g/mol. The van der Waals surface area contributed by atoms with Crippen LogP contribution in [0.1, 0.15) is 10.4 Å². The number of nitrogens with zero attached hydrogens (tertiary/aromatic N) is 2. The zero-order valence-corrected chi connectivity index (χ0v) is 8.92. The Morgan fingerprint density at radius 1 is 1.06 bits per heavy atom. The fourth-order valence-electron chi connectivity index (χ4n) is 1.35. The topological polar surface area (TPSA) is 107 Å². The van der Waals surface area contributed by atoms with E-state index >= 15 is 0 Å². The molecule has 0 aliphatic carbocycles. The molecule has 0 saturated carbocycles. The van der Waals surface area contributed by atoms with Crippen molar-refractivity contribution in [1.82, 2.24) is 9.97 Å². The number of aromatic nitrogens is 2. The monoisotopic (exact) mass is 229 g/mol.